The second kappa shape index (κ2) is 7.38. The fourth-order valence-corrected chi connectivity index (χ4v) is 3.81. The SMILES string of the molecule is O=C1C(Nc2ccc(F)c(F)c2)=C(c2cccs2)C(=O)N1c1ccc(F)c(Cl)c1. The fourth-order valence-electron chi connectivity index (χ4n) is 2.87. The summed E-state index contributed by atoms with van der Waals surface area (Å²) >= 11 is 7.02. The maximum absolute atomic E-state index is 13.6. The Bertz CT molecular complexity index is 1180. The monoisotopic (exact) mass is 434 g/mol. The van der Waals surface area contributed by atoms with Crippen LogP contribution in [-0.4, -0.2) is 11.8 Å². The molecule has 3 aromatic rings. The van der Waals surface area contributed by atoms with E-state index in [-0.39, 0.29) is 27.7 Å². The van der Waals surface area contributed by atoms with Crippen LogP contribution >= 0.6 is 22.9 Å². The lowest BCUT2D eigenvalue weighted by atomic mass is 10.2. The fraction of sp³-hybridized carbons (Fsp3) is 0. The minimum absolute atomic E-state index is 0.0650. The van der Waals surface area contributed by atoms with Crippen LogP contribution in [0, 0.1) is 17.5 Å². The van der Waals surface area contributed by atoms with Crippen molar-refractivity contribution in [3.63, 3.8) is 0 Å². The number of amides is 2. The molecule has 0 atom stereocenters. The second-order valence-corrected chi connectivity index (χ2v) is 7.38. The van der Waals surface area contributed by atoms with E-state index in [0.29, 0.717) is 4.88 Å². The van der Waals surface area contributed by atoms with Crippen molar-refractivity contribution in [3.05, 3.63) is 87.0 Å². The molecule has 0 bridgehead atoms. The number of nitrogens with one attached hydrogen (secondary N) is 1. The van der Waals surface area contributed by atoms with E-state index in [4.69, 9.17) is 11.6 Å². The zero-order valence-electron chi connectivity index (χ0n) is 14.4. The maximum atomic E-state index is 13.6. The Morgan fingerprint density at radius 2 is 1.66 bits per heavy atom. The Kier molecular flexibility index (Phi) is 4.89. The van der Waals surface area contributed by atoms with Crippen molar-refractivity contribution in [1.29, 1.82) is 0 Å². The van der Waals surface area contributed by atoms with Crippen LogP contribution < -0.4 is 10.2 Å². The highest BCUT2D eigenvalue weighted by Crippen LogP contribution is 2.36. The van der Waals surface area contributed by atoms with Gasteiger partial charge >= 0.3 is 0 Å². The first-order chi connectivity index (χ1) is 13.9. The highest BCUT2D eigenvalue weighted by atomic mass is 35.5. The number of nitrogens with zero attached hydrogens (tertiary/aromatic N) is 1. The first-order valence-corrected chi connectivity index (χ1v) is 9.46. The summed E-state index contributed by atoms with van der Waals surface area (Å²) in [6.07, 6.45) is 0. The van der Waals surface area contributed by atoms with Crippen LogP contribution in [0.2, 0.25) is 5.02 Å². The molecule has 29 heavy (non-hydrogen) atoms. The molecule has 0 spiro atoms. The molecule has 1 aliphatic heterocycles. The van der Waals surface area contributed by atoms with Gasteiger partial charge in [0, 0.05) is 16.6 Å². The quantitative estimate of drug-likeness (QED) is 0.573. The number of imide groups is 1. The third-order valence-electron chi connectivity index (χ3n) is 4.20. The van der Waals surface area contributed by atoms with E-state index < -0.39 is 29.3 Å². The molecule has 4 rings (SSSR count). The molecular formula is C20H10ClF3N2O2S. The molecule has 146 valence electrons. The first-order valence-electron chi connectivity index (χ1n) is 8.21. The summed E-state index contributed by atoms with van der Waals surface area (Å²) in [6.45, 7) is 0. The average Bonchev–Trinajstić information content (AvgIpc) is 3.28. The maximum Gasteiger partial charge on any atom is 0.282 e. The lowest BCUT2D eigenvalue weighted by Crippen LogP contribution is -2.32. The summed E-state index contributed by atoms with van der Waals surface area (Å²) in [5.74, 6) is -4.22. The smallest absolute Gasteiger partial charge is 0.282 e. The molecule has 1 N–H and O–H groups in total. The molecule has 2 heterocycles. The van der Waals surface area contributed by atoms with Crippen LogP contribution in [-0.2, 0) is 9.59 Å². The largest absolute Gasteiger partial charge is 0.350 e. The van der Waals surface area contributed by atoms with Crippen LogP contribution in [0.1, 0.15) is 4.88 Å². The van der Waals surface area contributed by atoms with Gasteiger partial charge in [-0.15, -0.1) is 11.3 Å². The standard InChI is InChI=1S/C20H10ClF3N2O2S/c21-12-9-11(4-6-13(12)22)26-19(27)17(16-2-1-7-29-16)18(20(26)28)25-10-3-5-14(23)15(24)8-10/h1-9,25H. The number of carbonyl (C=O) groups is 2. The molecule has 0 aliphatic carbocycles. The molecule has 9 heteroatoms. The van der Waals surface area contributed by atoms with Crippen molar-refractivity contribution >= 4 is 51.7 Å². The highest BCUT2D eigenvalue weighted by molar-refractivity contribution is 7.11. The minimum atomic E-state index is -1.10. The Labute approximate surface area is 171 Å². The molecule has 0 radical (unpaired) electrons. The van der Waals surface area contributed by atoms with E-state index in [0.717, 1.165) is 23.1 Å². The lowest BCUT2D eigenvalue weighted by molar-refractivity contribution is -0.120. The van der Waals surface area contributed by atoms with Gasteiger partial charge in [0.15, 0.2) is 11.6 Å². The summed E-state index contributed by atoms with van der Waals surface area (Å²) in [5.41, 5.74) is 0.134. The molecular weight excluding hydrogens is 425 g/mol. The van der Waals surface area contributed by atoms with Crippen molar-refractivity contribution in [3.8, 4) is 0 Å². The van der Waals surface area contributed by atoms with Gasteiger partial charge in [-0.25, -0.2) is 18.1 Å². The minimum Gasteiger partial charge on any atom is -0.350 e. The predicted molar refractivity (Wildman–Crippen MR) is 105 cm³/mol. The van der Waals surface area contributed by atoms with Crippen LogP contribution in [0.15, 0.2) is 59.6 Å². The molecule has 1 aliphatic rings. The summed E-state index contributed by atoms with van der Waals surface area (Å²) in [5, 5.41) is 4.20. The molecule has 0 fully saturated rings. The predicted octanol–water partition coefficient (Wildman–Crippen LogP) is 5.22. The third-order valence-corrected chi connectivity index (χ3v) is 5.38. The van der Waals surface area contributed by atoms with Gasteiger partial charge in [-0.3, -0.25) is 9.59 Å². The van der Waals surface area contributed by atoms with Crippen LogP contribution in [0.5, 0.6) is 0 Å². The molecule has 0 saturated carbocycles. The number of thiophene rings is 1. The zero-order chi connectivity index (χ0) is 20.7. The molecule has 2 aromatic carbocycles. The summed E-state index contributed by atoms with van der Waals surface area (Å²) in [6, 6.07) is 9.85. The van der Waals surface area contributed by atoms with Gasteiger partial charge < -0.3 is 5.32 Å². The highest BCUT2D eigenvalue weighted by Gasteiger charge is 2.41. The van der Waals surface area contributed by atoms with Crippen molar-refractivity contribution in [2.24, 2.45) is 0 Å². The number of carbonyl (C=O) groups excluding carboxylic acids is 2. The van der Waals surface area contributed by atoms with E-state index in [2.05, 4.69) is 5.32 Å². The lowest BCUT2D eigenvalue weighted by Gasteiger charge is -2.16. The summed E-state index contributed by atoms with van der Waals surface area (Å²) in [4.78, 5) is 27.5. The van der Waals surface area contributed by atoms with Crippen LogP contribution in [0.25, 0.3) is 5.57 Å². The van der Waals surface area contributed by atoms with Gasteiger partial charge in [0.1, 0.15) is 11.5 Å². The third kappa shape index (κ3) is 3.41. The van der Waals surface area contributed by atoms with Crippen molar-refractivity contribution in [2.45, 2.75) is 0 Å². The van der Waals surface area contributed by atoms with E-state index in [1.807, 2.05) is 0 Å². The van der Waals surface area contributed by atoms with Gasteiger partial charge in [0.25, 0.3) is 11.8 Å². The number of hydrogen-bond acceptors (Lipinski definition) is 4. The molecule has 2 amide bonds. The van der Waals surface area contributed by atoms with E-state index in [1.165, 1.54) is 29.5 Å². The molecule has 0 saturated heterocycles. The zero-order valence-corrected chi connectivity index (χ0v) is 16.0. The molecule has 4 nitrogen and oxygen atoms in total. The van der Waals surface area contributed by atoms with Gasteiger partial charge in [0.05, 0.1) is 16.3 Å². The normalized spacial score (nSPS) is 14.1. The second-order valence-electron chi connectivity index (χ2n) is 6.03. The Hall–Kier alpha value is -3.10. The average molecular weight is 435 g/mol. The van der Waals surface area contributed by atoms with Gasteiger partial charge in [0.2, 0.25) is 0 Å². The molecule has 1 aromatic heterocycles. The Morgan fingerprint density at radius 3 is 2.31 bits per heavy atom. The van der Waals surface area contributed by atoms with Crippen molar-refractivity contribution in [2.75, 3.05) is 10.2 Å². The van der Waals surface area contributed by atoms with Gasteiger partial charge in [-0.1, -0.05) is 17.7 Å². The number of halogens is 4. The summed E-state index contributed by atoms with van der Waals surface area (Å²) in [7, 11) is 0. The number of benzene rings is 2. The first kappa shape index (κ1) is 19.2. The van der Waals surface area contributed by atoms with Gasteiger partial charge in [-0.05, 0) is 41.8 Å². The Balaban J connectivity index is 1.80. The number of rotatable bonds is 4. The Morgan fingerprint density at radius 1 is 0.897 bits per heavy atom. The van der Waals surface area contributed by atoms with Crippen molar-refractivity contribution in [1.82, 2.24) is 0 Å². The summed E-state index contributed by atoms with van der Waals surface area (Å²) < 4.78 is 40.3. The topological polar surface area (TPSA) is 49.4 Å². The number of anilines is 2. The van der Waals surface area contributed by atoms with E-state index in [1.54, 1.807) is 17.5 Å². The molecule has 0 unspecified atom stereocenters. The van der Waals surface area contributed by atoms with E-state index >= 15 is 0 Å². The van der Waals surface area contributed by atoms with Crippen LogP contribution in [0.4, 0.5) is 24.5 Å². The number of hydrogen-bond donors (Lipinski definition) is 1. The van der Waals surface area contributed by atoms with E-state index in [9.17, 15) is 22.8 Å². The van der Waals surface area contributed by atoms with Crippen molar-refractivity contribution < 1.29 is 22.8 Å². The van der Waals surface area contributed by atoms with Gasteiger partial charge in [-0.2, -0.15) is 0 Å². The van der Waals surface area contributed by atoms with Crippen LogP contribution in [0.3, 0.4) is 0 Å².